The van der Waals surface area contributed by atoms with Crippen molar-refractivity contribution in [3.8, 4) is 0 Å². The van der Waals surface area contributed by atoms with Crippen LogP contribution in [0.2, 0.25) is 0 Å². The van der Waals surface area contributed by atoms with Crippen LogP contribution >= 0.6 is 0 Å². The van der Waals surface area contributed by atoms with Crippen molar-refractivity contribution in [3.05, 3.63) is 35.4 Å². The van der Waals surface area contributed by atoms with Crippen molar-refractivity contribution in [1.29, 1.82) is 0 Å². The smallest absolute Gasteiger partial charge is 0.191 e. The highest BCUT2D eigenvalue weighted by Crippen LogP contribution is 2.34. The van der Waals surface area contributed by atoms with Gasteiger partial charge in [0.2, 0.25) is 0 Å². The number of hydrogen-bond donors (Lipinski definition) is 1. The molecule has 1 fully saturated rings. The number of ketones is 1. The fourth-order valence-electron chi connectivity index (χ4n) is 1.93. The summed E-state index contributed by atoms with van der Waals surface area (Å²) in [6.45, 7) is 6.43. The van der Waals surface area contributed by atoms with E-state index in [2.05, 4.69) is 20.8 Å². The Morgan fingerprint density at radius 3 is 2.18 bits per heavy atom. The minimum Gasteiger partial charge on any atom is -0.385 e. The van der Waals surface area contributed by atoms with Gasteiger partial charge in [-0.2, -0.15) is 0 Å². The summed E-state index contributed by atoms with van der Waals surface area (Å²) in [5.74, 6) is 0.0674. The van der Waals surface area contributed by atoms with Crippen molar-refractivity contribution in [1.82, 2.24) is 0 Å². The molecule has 0 spiro atoms. The minimum absolute atomic E-state index is 0.0939. The first-order chi connectivity index (χ1) is 7.89. The van der Waals surface area contributed by atoms with Crippen LogP contribution in [0, 0.1) is 5.92 Å². The fraction of sp³-hybridized carbons (Fsp3) is 0.533. The van der Waals surface area contributed by atoms with E-state index in [1.807, 2.05) is 24.3 Å². The van der Waals surface area contributed by atoms with Crippen LogP contribution in [0.15, 0.2) is 24.3 Å². The van der Waals surface area contributed by atoms with Crippen LogP contribution in [0.3, 0.4) is 0 Å². The minimum atomic E-state index is -0.796. The monoisotopic (exact) mass is 232 g/mol. The molecule has 0 saturated heterocycles. The molecule has 1 aromatic carbocycles. The molecule has 2 rings (SSSR count). The molecule has 0 amide bonds. The zero-order valence-electron chi connectivity index (χ0n) is 10.7. The average Bonchev–Trinajstić information content (AvgIpc) is 3.10. The first-order valence-electron chi connectivity index (χ1n) is 6.22. The molecule has 2 heteroatoms. The molecule has 0 heterocycles. The van der Waals surface area contributed by atoms with Gasteiger partial charge in [0.25, 0.3) is 0 Å². The second-order valence-corrected chi connectivity index (χ2v) is 5.97. The Kier molecular flexibility index (Phi) is 3.09. The molecule has 0 aromatic heterocycles. The van der Waals surface area contributed by atoms with E-state index < -0.39 is 6.10 Å². The Hall–Kier alpha value is -1.15. The first kappa shape index (κ1) is 12.3. The maximum absolute atomic E-state index is 11.9. The zero-order valence-corrected chi connectivity index (χ0v) is 10.7. The van der Waals surface area contributed by atoms with Crippen molar-refractivity contribution < 1.29 is 9.90 Å². The SMILES string of the molecule is CC(C)(C)c1ccc(C(=O)C(O)C2CC2)cc1. The number of carbonyl (C=O) groups is 1. The van der Waals surface area contributed by atoms with Gasteiger partial charge in [-0.25, -0.2) is 0 Å². The summed E-state index contributed by atoms with van der Waals surface area (Å²) in [6, 6.07) is 7.61. The van der Waals surface area contributed by atoms with E-state index in [1.165, 1.54) is 5.56 Å². The van der Waals surface area contributed by atoms with Gasteiger partial charge in [-0.15, -0.1) is 0 Å². The summed E-state index contributed by atoms with van der Waals surface area (Å²) in [4.78, 5) is 11.9. The number of benzene rings is 1. The predicted octanol–water partition coefficient (Wildman–Crippen LogP) is 2.94. The number of aliphatic hydroxyl groups is 1. The molecule has 17 heavy (non-hydrogen) atoms. The van der Waals surface area contributed by atoms with Gasteiger partial charge in [-0.05, 0) is 29.7 Å². The Balaban J connectivity index is 2.14. The molecule has 1 N–H and O–H groups in total. The molecule has 1 unspecified atom stereocenters. The lowest BCUT2D eigenvalue weighted by Gasteiger charge is -2.19. The van der Waals surface area contributed by atoms with Gasteiger partial charge >= 0.3 is 0 Å². The van der Waals surface area contributed by atoms with Crippen LogP contribution in [0.25, 0.3) is 0 Å². The summed E-state index contributed by atoms with van der Waals surface area (Å²) >= 11 is 0. The Morgan fingerprint density at radius 1 is 1.24 bits per heavy atom. The van der Waals surface area contributed by atoms with Crippen LogP contribution in [-0.4, -0.2) is 17.0 Å². The average molecular weight is 232 g/mol. The van der Waals surface area contributed by atoms with Gasteiger partial charge in [-0.3, -0.25) is 4.79 Å². The van der Waals surface area contributed by atoms with Crippen LogP contribution < -0.4 is 0 Å². The molecule has 1 atom stereocenters. The van der Waals surface area contributed by atoms with Gasteiger partial charge in [0.05, 0.1) is 0 Å². The molecule has 0 bridgehead atoms. The molecule has 1 aliphatic carbocycles. The summed E-state index contributed by atoms with van der Waals surface area (Å²) in [5.41, 5.74) is 1.92. The van der Waals surface area contributed by atoms with Crippen molar-refractivity contribution >= 4 is 5.78 Å². The Labute approximate surface area is 103 Å². The van der Waals surface area contributed by atoms with Crippen molar-refractivity contribution in [2.45, 2.75) is 45.1 Å². The molecule has 2 nitrogen and oxygen atoms in total. The predicted molar refractivity (Wildman–Crippen MR) is 68.2 cm³/mol. The highest BCUT2D eigenvalue weighted by molar-refractivity contribution is 5.99. The maximum Gasteiger partial charge on any atom is 0.191 e. The third-order valence-electron chi connectivity index (χ3n) is 3.37. The third kappa shape index (κ3) is 2.75. The molecular formula is C15H20O2. The summed E-state index contributed by atoms with van der Waals surface area (Å²) in [7, 11) is 0. The highest BCUT2D eigenvalue weighted by atomic mass is 16.3. The topological polar surface area (TPSA) is 37.3 Å². The number of carbonyl (C=O) groups excluding carboxylic acids is 1. The van der Waals surface area contributed by atoms with Crippen molar-refractivity contribution in [3.63, 3.8) is 0 Å². The second-order valence-electron chi connectivity index (χ2n) is 5.97. The first-order valence-corrected chi connectivity index (χ1v) is 6.22. The van der Waals surface area contributed by atoms with Gasteiger partial charge in [0.15, 0.2) is 5.78 Å². The third-order valence-corrected chi connectivity index (χ3v) is 3.37. The standard InChI is InChI=1S/C15H20O2/c1-15(2,3)12-8-6-11(7-9-12)14(17)13(16)10-4-5-10/h6-10,13,16H,4-5H2,1-3H3. The highest BCUT2D eigenvalue weighted by Gasteiger charge is 2.34. The van der Waals surface area contributed by atoms with E-state index in [9.17, 15) is 9.90 Å². The second kappa shape index (κ2) is 4.26. The summed E-state index contributed by atoms with van der Waals surface area (Å²) in [6.07, 6.45) is 1.16. The Morgan fingerprint density at radius 2 is 1.76 bits per heavy atom. The number of hydrogen-bond acceptors (Lipinski definition) is 2. The molecule has 0 radical (unpaired) electrons. The Bertz CT molecular complexity index is 408. The van der Waals surface area contributed by atoms with Crippen LogP contribution in [-0.2, 0) is 5.41 Å². The summed E-state index contributed by atoms with van der Waals surface area (Å²) < 4.78 is 0. The van der Waals surface area contributed by atoms with E-state index in [1.54, 1.807) is 0 Å². The van der Waals surface area contributed by atoms with Gasteiger partial charge in [-0.1, -0.05) is 45.0 Å². The quantitative estimate of drug-likeness (QED) is 0.813. The maximum atomic E-state index is 11.9. The van der Waals surface area contributed by atoms with Crippen molar-refractivity contribution in [2.24, 2.45) is 5.92 Å². The number of rotatable bonds is 3. The largest absolute Gasteiger partial charge is 0.385 e. The lowest BCUT2D eigenvalue weighted by molar-refractivity contribution is 0.0704. The molecule has 0 aliphatic heterocycles. The fourth-order valence-corrected chi connectivity index (χ4v) is 1.93. The molecule has 1 saturated carbocycles. The van der Waals surface area contributed by atoms with Gasteiger partial charge in [0.1, 0.15) is 6.10 Å². The van der Waals surface area contributed by atoms with E-state index in [-0.39, 0.29) is 17.1 Å². The van der Waals surface area contributed by atoms with Crippen LogP contribution in [0.4, 0.5) is 0 Å². The normalized spacial score (nSPS) is 17.9. The van der Waals surface area contributed by atoms with E-state index in [0.717, 1.165) is 12.8 Å². The van der Waals surface area contributed by atoms with Gasteiger partial charge in [0, 0.05) is 5.56 Å². The van der Waals surface area contributed by atoms with E-state index in [4.69, 9.17) is 0 Å². The van der Waals surface area contributed by atoms with E-state index >= 15 is 0 Å². The molecular weight excluding hydrogens is 212 g/mol. The molecule has 1 aromatic rings. The zero-order chi connectivity index (χ0) is 12.6. The van der Waals surface area contributed by atoms with Crippen LogP contribution in [0.5, 0.6) is 0 Å². The van der Waals surface area contributed by atoms with Crippen molar-refractivity contribution in [2.75, 3.05) is 0 Å². The lowest BCUT2D eigenvalue weighted by atomic mass is 9.86. The lowest BCUT2D eigenvalue weighted by Crippen LogP contribution is -2.22. The van der Waals surface area contributed by atoms with Crippen LogP contribution in [0.1, 0.15) is 49.5 Å². The summed E-state index contributed by atoms with van der Waals surface area (Å²) in [5, 5.41) is 9.79. The number of aliphatic hydroxyl groups excluding tert-OH is 1. The van der Waals surface area contributed by atoms with Gasteiger partial charge < -0.3 is 5.11 Å². The number of Topliss-reactive ketones (excluding diaryl/α,β-unsaturated/α-hetero) is 1. The van der Waals surface area contributed by atoms with E-state index in [0.29, 0.717) is 5.56 Å². The molecule has 1 aliphatic rings. The molecule has 92 valence electrons.